The highest BCUT2D eigenvalue weighted by molar-refractivity contribution is 6.06. The van der Waals surface area contributed by atoms with Crippen molar-refractivity contribution in [2.45, 2.75) is 64.4 Å². The van der Waals surface area contributed by atoms with Gasteiger partial charge >= 0.3 is 0 Å². The molecule has 2 aromatic carbocycles. The molecule has 2 aromatic rings. The second-order valence-electron chi connectivity index (χ2n) is 9.09. The maximum atomic E-state index is 15.1. The number of halogens is 1. The molecule has 3 aliphatic rings. The molecule has 0 radical (unpaired) electrons. The number of anilines is 1. The van der Waals surface area contributed by atoms with Crippen LogP contribution in [0.4, 0.5) is 10.1 Å². The maximum Gasteiger partial charge on any atom is 0.255 e. The van der Waals surface area contributed by atoms with Crippen LogP contribution in [0.25, 0.3) is 0 Å². The quantitative estimate of drug-likeness (QED) is 0.592. The third-order valence-electron chi connectivity index (χ3n) is 6.17. The van der Waals surface area contributed by atoms with Gasteiger partial charge in [0.1, 0.15) is 11.8 Å². The number of hydrogen-bond acceptors (Lipinski definition) is 6. The van der Waals surface area contributed by atoms with E-state index in [9.17, 15) is 14.4 Å². The van der Waals surface area contributed by atoms with Crippen LogP contribution in [0.3, 0.4) is 0 Å². The Hall–Kier alpha value is -3.30. The van der Waals surface area contributed by atoms with E-state index in [1.165, 1.54) is 24.3 Å². The molecule has 0 spiro atoms. The van der Waals surface area contributed by atoms with Gasteiger partial charge in [-0.1, -0.05) is 18.2 Å². The molecule has 0 aliphatic carbocycles. The summed E-state index contributed by atoms with van der Waals surface area (Å²) in [5, 5.41) is 4.48. The Morgan fingerprint density at radius 1 is 1.19 bits per heavy atom. The molecule has 190 valence electrons. The van der Waals surface area contributed by atoms with Crippen molar-refractivity contribution in [1.29, 1.82) is 0 Å². The molecule has 5 rings (SSSR count). The van der Waals surface area contributed by atoms with E-state index in [0.29, 0.717) is 6.54 Å². The zero-order chi connectivity index (χ0) is 31.7. The number of piperidine rings is 1. The van der Waals surface area contributed by atoms with Gasteiger partial charge in [0.05, 0.1) is 16.3 Å². The van der Waals surface area contributed by atoms with Crippen molar-refractivity contribution in [1.82, 2.24) is 15.1 Å². The molecule has 9 heteroatoms. The molecule has 2 fully saturated rings. The Kier molecular flexibility index (Phi) is 4.77. The van der Waals surface area contributed by atoms with Crippen LogP contribution in [0, 0.1) is 5.82 Å². The molecular weight excluding hydrogens is 463 g/mol. The molecular formula is C27H31FN4O4. The van der Waals surface area contributed by atoms with Crippen LogP contribution < -0.4 is 10.6 Å². The Bertz CT molecular complexity index is 1500. The van der Waals surface area contributed by atoms with Crippen LogP contribution in [-0.4, -0.2) is 58.8 Å². The van der Waals surface area contributed by atoms with E-state index in [1.54, 1.807) is 17.4 Å². The Morgan fingerprint density at radius 3 is 2.72 bits per heavy atom. The zero-order valence-corrected chi connectivity index (χ0v) is 19.9. The predicted molar refractivity (Wildman–Crippen MR) is 131 cm³/mol. The van der Waals surface area contributed by atoms with Gasteiger partial charge in [-0.3, -0.25) is 24.6 Å². The summed E-state index contributed by atoms with van der Waals surface area (Å²) >= 11 is 0. The molecule has 0 saturated carbocycles. The van der Waals surface area contributed by atoms with Crippen LogP contribution in [-0.2, 0) is 33.9 Å². The monoisotopic (exact) mass is 501 g/mol. The molecule has 36 heavy (non-hydrogen) atoms. The van der Waals surface area contributed by atoms with E-state index in [0.717, 1.165) is 18.7 Å². The lowest BCUT2D eigenvalue weighted by Crippen LogP contribution is -2.52. The van der Waals surface area contributed by atoms with Gasteiger partial charge in [0.2, 0.25) is 11.8 Å². The van der Waals surface area contributed by atoms with Gasteiger partial charge in [-0.15, -0.1) is 0 Å². The molecule has 2 N–H and O–H groups in total. The Balaban J connectivity index is 1.40. The number of rotatable bonds is 6. The number of morpholine rings is 1. The number of nitrogens with one attached hydrogen (secondary N) is 2. The lowest BCUT2D eigenvalue weighted by atomic mass is 10.0. The number of ether oxygens (including phenoxy) is 1. The van der Waals surface area contributed by atoms with E-state index in [1.807, 2.05) is 13.8 Å². The van der Waals surface area contributed by atoms with Gasteiger partial charge in [0.25, 0.3) is 5.91 Å². The smallest absolute Gasteiger partial charge is 0.255 e. The van der Waals surface area contributed by atoms with Crippen LogP contribution in [0.1, 0.15) is 63.2 Å². The van der Waals surface area contributed by atoms with E-state index in [2.05, 4.69) is 10.2 Å². The predicted octanol–water partition coefficient (Wildman–Crippen LogP) is 2.81. The number of amides is 3. The lowest BCUT2D eigenvalue weighted by Gasteiger charge is -2.35. The minimum absolute atomic E-state index is 0.0255. The number of benzene rings is 2. The number of fused-ring (bicyclic) bond motifs is 1. The molecule has 0 bridgehead atoms. The summed E-state index contributed by atoms with van der Waals surface area (Å²) in [5.41, 5.74) is 0.406. The number of imide groups is 1. The normalized spacial score (nSPS) is 33.7. The van der Waals surface area contributed by atoms with Crippen molar-refractivity contribution in [2.75, 3.05) is 18.4 Å². The summed E-state index contributed by atoms with van der Waals surface area (Å²) in [4.78, 5) is 40.6. The Morgan fingerprint density at radius 2 is 1.97 bits per heavy atom. The molecule has 0 aromatic heterocycles. The first kappa shape index (κ1) is 17.2. The number of carbonyl (C=O) groups is 3. The highest BCUT2D eigenvalue weighted by Crippen LogP contribution is 2.32. The van der Waals surface area contributed by atoms with Crippen molar-refractivity contribution in [2.24, 2.45) is 0 Å². The third kappa shape index (κ3) is 4.99. The summed E-state index contributed by atoms with van der Waals surface area (Å²) in [6.45, 7) is 2.81. The highest BCUT2D eigenvalue weighted by Gasteiger charge is 2.39. The van der Waals surface area contributed by atoms with E-state index < -0.39 is 48.8 Å². The molecule has 3 atom stereocenters. The molecule has 3 unspecified atom stereocenters. The van der Waals surface area contributed by atoms with Crippen LogP contribution in [0.5, 0.6) is 0 Å². The summed E-state index contributed by atoms with van der Waals surface area (Å²) in [7, 11) is 0. The van der Waals surface area contributed by atoms with Gasteiger partial charge in [-0.25, -0.2) is 4.39 Å². The fraction of sp³-hybridized carbons (Fsp3) is 0.444. The first-order valence-corrected chi connectivity index (χ1v) is 11.7. The summed E-state index contributed by atoms with van der Waals surface area (Å²) in [5.74, 6) is -5.07. The van der Waals surface area contributed by atoms with E-state index >= 15 is 4.39 Å². The largest absolute Gasteiger partial charge is 0.381 e. The summed E-state index contributed by atoms with van der Waals surface area (Å²) < 4.78 is 79.5. The topological polar surface area (TPSA) is 91.0 Å². The molecule has 3 aliphatic heterocycles. The highest BCUT2D eigenvalue weighted by atomic mass is 19.1. The molecule has 8 nitrogen and oxygen atoms in total. The second-order valence-corrected chi connectivity index (χ2v) is 9.09. The van der Waals surface area contributed by atoms with Gasteiger partial charge in [0, 0.05) is 66.9 Å². The number of nitrogens with zero attached hydrogens (tertiary/aromatic N) is 2. The van der Waals surface area contributed by atoms with Crippen molar-refractivity contribution in [3.8, 4) is 0 Å². The van der Waals surface area contributed by atoms with Crippen LogP contribution in [0.2, 0.25) is 0 Å². The molecule has 2 saturated heterocycles. The third-order valence-corrected chi connectivity index (χ3v) is 6.17. The Labute approximate surface area is 219 Å². The first-order valence-electron chi connectivity index (χ1n) is 15.2. The number of hydrogen-bond donors (Lipinski definition) is 2. The first-order chi connectivity index (χ1) is 19.9. The lowest BCUT2D eigenvalue weighted by molar-refractivity contribution is -0.136. The number of carbonyl (C=O) groups excluding carboxylic acids is 3. The van der Waals surface area contributed by atoms with Crippen molar-refractivity contribution in [3.63, 3.8) is 0 Å². The summed E-state index contributed by atoms with van der Waals surface area (Å²) in [6, 6.07) is 5.34. The van der Waals surface area contributed by atoms with Crippen molar-refractivity contribution in [3.05, 3.63) is 64.5 Å². The standard InChI is InChI=1S/C27H31FN4O4/c1-16-12-31(13-17(2)36-16)14-18-6-7-19(22(28)10-18)11-29-23-5-3-4-20-21(23)15-32(27(20)35)24-8-9-25(33)30-26(24)34/h3-7,10,16-17,24,29H,8-9,11-15H2,1-2H3,(H,30,33,34)/i8D2,9D2,15D2,24D. The maximum absolute atomic E-state index is 15.1. The van der Waals surface area contributed by atoms with Gasteiger partial charge in [-0.2, -0.15) is 0 Å². The van der Waals surface area contributed by atoms with Gasteiger partial charge < -0.3 is 15.0 Å². The van der Waals surface area contributed by atoms with Crippen molar-refractivity contribution >= 4 is 23.4 Å². The molecule has 3 amide bonds. The van der Waals surface area contributed by atoms with Gasteiger partial charge in [-0.05, 0) is 44.0 Å². The van der Waals surface area contributed by atoms with Crippen LogP contribution >= 0.6 is 0 Å². The SMILES string of the molecule is [2H]C1([2H])c2c(NCc3ccc(CN4CC(C)OC(C)C4)cc3F)cccc2C(=O)N1C1([2H])C(=O)NC(=O)C([2H])([2H])C1([2H])[2H]. The second kappa shape index (κ2) is 9.99. The fourth-order valence-corrected chi connectivity index (χ4v) is 4.66. The van der Waals surface area contributed by atoms with E-state index in [4.69, 9.17) is 14.3 Å². The molecule has 3 heterocycles. The van der Waals surface area contributed by atoms with Crippen LogP contribution in [0.15, 0.2) is 36.4 Å². The zero-order valence-electron chi connectivity index (χ0n) is 26.9. The van der Waals surface area contributed by atoms with Crippen molar-refractivity contribution < 1.29 is 33.1 Å². The fourth-order valence-electron chi connectivity index (χ4n) is 4.66. The van der Waals surface area contributed by atoms with Gasteiger partial charge in [0.15, 0.2) is 0 Å². The summed E-state index contributed by atoms with van der Waals surface area (Å²) in [6.07, 6.45) is -6.96. The van der Waals surface area contributed by atoms with E-state index in [-0.39, 0.29) is 46.0 Å². The average molecular weight is 502 g/mol. The minimum Gasteiger partial charge on any atom is -0.381 e. The minimum atomic E-state index is -3.64. The average Bonchev–Trinajstić information content (AvgIpc) is 3.11.